The average Bonchev–Trinajstić information content (AvgIpc) is 2.54. The van der Waals surface area contributed by atoms with E-state index in [1.807, 2.05) is 38.1 Å². The Morgan fingerprint density at radius 3 is 2.27 bits per heavy atom. The predicted octanol–water partition coefficient (Wildman–Crippen LogP) is 2.53. The number of guanidine groups is 1. The van der Waals surface area contributed by atoms with Crippen molar-refractivity contribution in [3.63, 3.8) is 0 Å². The van der Waals surface area contributed by atoms with Crippen LogP contribution in [0.15, 0.2) is 56.1 Å². The van der Waals surface area contributed by atoms with E-state index in [0.717, 1.165) is 16.7 Å². The molecule has 0 atom stereocenters. The molecule has 1 amide bonds. The zero-order valence-electron chi connectivity index (χ0n) is 14.8. The first-order valence-electron chi connectivity index (χ1n) is 7.87. The van der Waals surface area contributed by atoms with Gasteiger partial charge in [-0.2, -0.15) is 4.99 Å². The molecule has 0 aromatic heterocycles. The minimum Gasteiger partial charge on any atom is -0.370 e. The number of nitrogens with two attached hydrogens (primary N) is 2. The van der Waals surface area contributed by atoms with E-state index in [4.69, 9.17) is 11.5 Å². The van der Waals surface area contributed by atoms with Crippen molar-refractivity contribution >= 4 is 33.5 Å². The highest BCUT2D eigenvalue weighted by Crippen LogP contribution is 2.35. The van der Waals surface area contributed by atoms with Crippen molar-refractivity contribution < 1.29 is 13.2 Å². The molecular weight excluding hydrogens is 370 g/mol. The minimum absolute atomic E-state index is 0.0782. The standard InChI is InChI=1S/C18H21N3O3S2/c1-4-12-9-15(25-13-7-5-11(2)6-8-13)16(26(3,23)24)10-14(12)17(22)21-18(19)20/h5-10H,4H2,1-3H3,(H4,19,20,21,22). The summed E-state index contributed by atoms with van der Waals surface area (Å²) in [5, 5.41) is 0. The van der Waals surface area contributed by atoms with Gasteiger partial charge in [-0.1, -0.05) is 36.4 Å². The zero-order valence-corrected chi connectivity index (χ0v) is 16.4. The van der Waals surface area contributed by atoms with Gasteiger partial charge in [0.05, 0.1) is 4.90 Å². The Bertz CT molecular complexity index is 962. The molecule has 0 spiro atoms. The van der Waals surface area contributed by atoms with Crippen LogP contribution in [0.5, 0.6) is 0 Å². The van der Waals surface area contributed by atoms with Crippen LogP contribution >= 0.6 is 11.8 Å². The lowest BCUT2D eigenvalue weighted by atomic mass is 10.0. The molecule has 0 aliphatic heterocycles. The number of aliphatic imine (C=N–C) groups is 1. The van der Waals surface area contributed by atoms with E-state index in [0.29, 0.717) is 16.9 Å². The highest BCUT2D eigenvalue weighted by atomic mass is 32.2. The SMILES string of the molecule is CCc1cc(Sc2ccc(C)cc2)c(S(C)(=O)=O)cc1C(=O)N=C(N)N. The average molecular weight is 392 g/mol. The van der Waals surface area contributed by atoms with Crippen LogP contribution in [0.3, 0.4) is 0 Å². The normalized spacial score (nSPS) is 11.2. The van der Waals surface area contributed by atoms with Gasteiger partial charge in [0.25, 0.3) is 5.91 Å². The fourth-order valence-corrected chi connectivity index (χ4v) is 4.60. The van der Waals surface area contributed by atoms with Crippen LogP contribution in [0.2, 0.25) is 0 Å². The number of carbonyl (C=O) groups is 1. The quantitative estimate of drug-likeness (QED) is 0.598. The van der Waals surface area contributed by atoms with Crippen LogP contribution < -0.4 is 11.5 Å². The topological polar surface area (TPSA) is 116 Å². The van der Waals surface area contributed by atoms with E-state index in [9.17, 15) is 13.2 Å². The fraction of sp³-hybridized carbons (Fsp3) is 0.222. The Balaban J connectivity index is 2.62. The van der Waals surface area contributed by atoms with Gasteiger partial charge in [-0.3, -0.25) is 4.79 Å². The molecule has 0 fully saturated rings. The van der Waals surface area contributed by atoms with Gasteiger partial charge in [-0.25, -0.2) is 8.42 Å². The molecule has 2 aromatic carbocycles. The van der Waals surface area contributed by atoms with Gasteiger partial charge in [-0.15, -0.1) is 0 Å². The first-order valence-corrected chi connectivity index (χ1v) is 10.6. The Morgan fingerprint density at radius 2 is 1.77 bits per heavy atom. The zero-order chi connectivity index (χ0) is 19.5. The number of aryl methyl sites for hydroxylation is 2. The first kappa shape index (κ1) is 20.0. The van der Waals surface area contributed by atoms with Gasteiger partial charge >= 0.3 is 0 Å². The molecule has 2 aromatic rings. The molecule has 0 aliphatic rings. The molecular formula is C18H21N3O3S2. The number of benzene rings is 2. The van der Waals surface area contributed by atoms with Crippen LogP contribution in [0.4, 0.5) is 0 Å². The molecule has 0 heterocycles. The fourth-order valence-electron chi connectivity index (χ4n) is 2.37. The molecule has 26 heavy (non-hydrogen) atoms. The van der Waals surface area contributed by atoms with Crippen molar-refractivity contribution in [3.8, 4) is 0 Å². The van der Waals surface area contributed by atoms with Gasteiger partial charge < -0.3 is 11.5 Å². The van der Waals surface area contributed by atoms with Crippen LogP contribution in [0.25, 0.3) is 0 Å². The summed E-state index contributed by atoms with van der Waals surface area (Å²) in [6, 6.07) is 10.8. The van der Waals surface area contributed by atoms with Crippen LogP contribution in [0, 0.1) is 6.92 Å². The summed E-state index contributed by atoms with van der Waals surface area (Å²) in [5.74, 6) is -1.02. The third-order valence-corrected chi connectivity index (χ3v) is 5.99. The van der Waals surface area contributed by atoms with Gasteiger partial charge in [0.2, 0.25) is 0 Å². The maximum absolute atomic E-state index is 12.3. The van der Waals surface area contributed by atoms with E-state index in [1.54, 1.807) is 6.07 Å². The lowest BCUT2D eigenvalue weighted by Crippen LogP contribution is -2.24. The molecule has 0 radical (unpaired) electrons. The third-order valence-electron chi connectivity index (χ3n) is 3.66. The molecule has 0 saturated heterocycles. The number of sulfone groups is 1. The molecule has 138 valence electrons. The van der Waals surface area contributed by atoms with Crippen LogP contribution in [0.1, 0.15) is 28.4 Å². The number of amides is 1. The molecule has 6 nitrogen and oxygen atoms in total. The van der Waals surface area contributed by atoms with Crippen molar-refractivity contribution in [1.82, 2.24) is 0 Å². The summed E-state index contributed by atoms with van der Waals surface area (Å²) in [6.07, 6.45) is 1.65. The summed E-state index contributed by atoms with van der Waals surface area (Å²) in [6.45, 7) is 3.86. The van der Waals surface area contributed by atoms with Gasteiger partial charge in [0.1, 0.15) is 0 Å². The van der Waals surface area contributed by atoms with E-state index in [-0.39, 0.29) is 16.4 Å². The smallest absolute Gasteiger partial charge is 0.280 e. The number of hydrogen-bond donors (Lipinski definition) is 2. The van der Waals surface area contributed by atoms with Gasteiger partial charge in [0, 0.05) is 21.6 Å². The molecule has 8 heteroatoms. The third kappa shape index (κ3) is 4.86. The second-order valence-corrected chi connectivity index (χ2v) is 8.94. The number of nitrogens with zero attached hydrogens (tertiary/aromatic N) is 1. The highest BCUT2D eigenvalue weighted by Gasteiger charge is 2.21. The lowest BCUT2D eigenvalue weighted by molar-refractivity contribution is 0.100. The minimum atomic E-state index is -3.56. The van der Waals surface area contributed by atoms with Crippen molar-refractivity contribution in [2.75, 3.05) is 6.26 Å². The maximum atomic E-state index is 12.3. The summed E-state index contributed by atoms with van der Waals surface area (Å²) in [4.78, 5) is 17.4. The summed E-state index contributed by atoms with van der Waals surface area (Å²) in [7, 11) is -3.56. The Kier molecular flexibility index (Phi) is 6.09. The number of hydrogen-bond acceptors (Lipinski definition) is 4. The van der Waals surface area contributed by atoms with E-state index < -0.39 is 15.7 Å². The molecule has 4 N–H and O–H groups in total. The molecule has 2 rings (SSSR count). The first-order chi connectivity index (χ1) is 12.1. The number of carbonyl (C=O) groups excluding carboxylic acids is 1. The predicted molar refractivity (Wildman–Crippen MR) is 104 cm³/mol. The highest BCUT2D eigenvalue weighted by molar-refractivity contribution is 8.00. The maximum Gasteiger partial charge on any atom is 0.280 e. The van der Waals surface area contributed by atoms with Crippen LogP contribution in [-0.4, -0.2) is 26.5 Å². The van der Waals surface area contributed by atoms with Crippen molar-refractivity contribution in [2.24, 2.45) is 16.5 Å². The lowest BCUT2D eigenvalue weighted by Gasteiger charge is -2.13. The van der Waals surface area contributed by atoms with Crippen LogP contribution in [-0.2, 0) is 16.3 Å². The molecule has 0 unspecified atom stereocenters. The number of rotatable bonds is 5. The van der Waals surface area contributed by atoms with Crippen molar-refractivity contribution in [3.05, 3.63) is 53.1 Å². The van der Waals surface area contributed by atoms with E-state index in [1.165, 1.54) is 17.8 Å². The second kappa shape index (κ2) is 7.92. The van der Waals surface area contributed by atoms with E-state index >= 15 is 0 Å². The van der Waals surface area contributed by atoms with Crippen molar-refractivity contribution in [2.45, 2.75) is 35.0 Å². The molecule has 0 bridgehead atoms. The van der Waals surface area contributed by atoms with Gasteiger partial charge in [0.15, 0.2) is 15.8 Å². The summed E-state index contributed by atoms with van der Waals surface area (Å²) < 4.78 is 24.6. The molecule has 0 saturated carbocycles. The Morgan fingerprint density at radius 1 is 1.15 bits per heavy atom. The van der Waals surface area contributed by atoms with Crippen molar-refractivity contribution in [1.29, 1.82) is 0 Å². The monoisotopic (exact) mass is 391 g/mol. The largest absolute Gasteiger partial charge is 0.370 e. The summed E-state index contributed by atoms with van der Waals surface area (Å²) in [5.41, 5.74) is 12.5. The Hall–Kier alpha value is -2.32. The van der Waals surface area contributed by atoms with E-state index in [2.05, 4.69) is 4.99 Å². The molecule has 0 aliphatic carbocycles. The Labute approximate surface area is 157 Å². The summed E-state index contributed by atoms with van der Waals surface area (Å²) >= 11 is 1.34. The van der Waals surface area contributed by atoms with Gasteiger partial charge in [-0.05, 0) is 43.2 Å². The second-order valence-electron chi connectivity index (χ2n) is 5.84.